The van der Waals surface area contributed by atoms with Crippen LogP contribution in [0, 0.1) is 12.8 Å². The summed E-state index contributed by atoms with van der Waals surface area (Å²) in [6, 6.07) is 8.69. The maximum absolute atomic E-state index is 11.4. The summed E-state index contributed by atoms with van der Waals surface area (Å²) in [5, 5.41) is 3.38. The number of hydrogen-bond donors (Lipinski definition) is 2. The molecule has 1 aromatic heterocycles. The van der Waals surface area contributed by atoms with Crippen molar-refractivity contribution in [3.05, 3.63) is 41.0 Å². The average molecular weight is 301 g/mol. The fraction of sp³-hybridized carbons (Fsp3) is 0.375. The monoisotopic (exact) mass is 301 g/mol. The van der Waals surface area contributed by atoms with Gasteiger partial charge < -0.3 is 11.1 Å². The quantitative estimate of drug-likeness (QED) is 0.909. The predicted molar refractivity (Wildman–Crippen MR) is 85.1 cm³/mol. The van der Waals surface area contributed by atoms with E-state index in [-0.39, 0.29) is 17.9 Å². The first-order valence-electron chi connectivity index (χ1n) is 7.17. The molecular weight excluding hydrogens is 282 g/mol. The van der Waals surface area contributed by atoms with E-state index in [0.717, 1.165) is 25.1 Å². The van der Waals surface area contributed by atoms with Crippen LogP contribution in [0.1, 0.15) is 17.7 Å². The second-order valence-corrected chi connectivity index (χ2v) is 6.38. The molecule has 2 heterocycles. The largest absolute Gasteiger partial charge is 0.369 e. The highest BCUT2D eigenvalue weighted by atomic mass is 32.1. The highest BCUT2D eigenvalue weighted by Gasteiger charge is 2.30. The Morgan fingerprint density at radius 2 is 2.19 bits per heavy atom. The number of carbonyl (C=O) groups excluding carboxylic acids is 1. The SMILES string of the molecule is Cc1ncsc1-c1ccc(CC2NCCC2C(N)=O)cc1. The van der Waals surface area contributed by atoms with Crippen LogP contribution in [0.25, 0.3) is 10.4 Å². The van der Waals surface area contributed by atoms with E-state index in [1.165, 1.54) is 16.0 Å². The summed E-state index contributed by atoms with van der Waals surface area (Å²) in [6.07, 6.45) is 1.69. The van der Waals surface area contributed by atoms with Crippen molar-refractivity contribution in [2.75, 3.05) is 6.54 Å². The van der Waals surface area contributed by atoms with Gasteiger partial charge in [0.2, 0.25) is 5.91 Å². The van der Waals surface area contributed by atoms with Gasteiger partial charge in [-0.1, -0.05) is 24.3 Å². The van der Waals surface area contributed by atoms with Gasteiger partial charge in [0.05, 0.1) is 22.0 Å². The molecule has 1 fully saturated rings. The van der Waals surface area contributed by atoms with E-state index in [0.29, 0.717) is 0 Å². The van der Waals surface area contributed by atoms with E-state index in [1.807, 2.05) is 12.4 Å². The summed E-state index contributed by atoms with van der Waals surface area (Å²) in [7, 11) is 0. The molecule has 3 N–H and O–H groups in total. The summed E-state index contributed by atoms with van der Waals surface area (Å²) in [5.41, 5.74) is 10.8. The van der Waals surface area contributed by atoms with Crippen LogP contribution >= 0.6 is 11.3 Å². The molecular formula is C16H19N3OS. The zero-order chi connectivity index (χ0) is 14.8. The lowest BCUT2D eigenvalue weighted by atomic mass is 9.94. The van der Waals surface area contributed by atoms with Crippen LogP contribution in [-0.4, -0.2) is 23.5 Å². The van der Waals surface area contributed by atoms with Gasteiger partial charge in [-0.05, 0) is 37.4 Å². The van der Waals surface area contributed by atoms with Crippen LogP contribution in [0.15, 0.2) is 29.8 Å². The second-order valence-electron chi connectivity index (χ2n) is 5.53. The van der Waals surface area contributed by atoms with E-state index in [9.17, 15) is 4.79 Å². The van der Waals surface area contributed by atoms with Crippen molar-refractivity contribution >= 4 is 17.2 Å². The van der Waals surface area contributed by atoms with E-state index >= 15 is 0 Å². The minimum atomic E-state index is -0.193. The molecule has 1 saturated heterocycles. The Morgan fingerprint density at radius 1 is 1.43 bits per heavy atom. The standard InChI is InChI=1S/C16H19N3OS/c1-10-15(21-9-19-10)12-4-2-11(3-5-12)8-14-13(16(17)20)6-7-18-14/h2-5,9,13-14,18H,6-8H2,1H3,(H2,17,20). The van der Waals surface area contributed by atoms with Gasteiger partial charge in [-0.15, -0.1) is 11.3 Å². The van der Waals surface area contributed by atoms with E-state index < -0.39 is 0 Å². The fourth-order valence-electron chi connectivity index (χ4n) is 2.95. The number of amides is 1. The molecule has 110 valence electrons. The summed E-state index contributed by atoms with van der Waals surface area (Å²) in [4.78, 5) is 16.9. The zero-order valence-electron chi connectivity index (χ0n) is 12.0. The lowest BCUT2D eigenvalue weighted by Gasteiger charge is -2.16. The van der Waals surface area contributed by atoms with E-state index in [2.05, 4.69) is 34.6 Å². The second kappa shape index (κ2) is 5.95. The smallest absolute Gasteiger partial charge is 0.222 e. The number of aryl methyl sites for hydroxylation is 1. The number of thiazole rings is 1. The molecule has 2 aromatic rings. The number of aromatic nitrogens is 1. The number of carbonyl (C=O) groups is 1. The fourth-order valence-corrected chi connectivity index (χ4v) is 3.76. The molecule has 0 aliphatic carbocycles. The van der Waals surface area contributed by atoms with E-state index in [4.69, 9.17) is 5.73 Å². The minimum Gasteiger partial charge on any atom is -0.369 e. The molecule has 3 rings (SSSR count). The van der Waals surface area contributed by atoms with Crippen LogP contribution in [0.4, 0.5) is 0 Å². The third kappa shape index (κ3) is 2.99. The zero-order valence-corrected chi connectivity index (χ0v) is 12.8. The highest BCUT2D eigenvalue weighted by Crippen LogP contribution is 2.28. The lowest BCUT2D eigenvalue weighted by Crippen LogP contribution is -2.36. The van der Waals surface area contributed by atoms with Crippen LogP contribution < -0.4 is 11.1 Å². The average Bonchev–Trinajstić information content (AvgIpc) is 3.09. The van der Waals surface area contributed by atoms with Gasteiger partial charge in [-0.25, -0.2) is 4.98 Å². The lowest BCUT2D eigenvalue weighted by molar-refractivity contribution is -0.122. The Kier molecular flexibility index (Phi) is 4.03. The van der Waals surface area contributed by atoms with Gasteiger partial charge in [0, 0.05) is 6.04 Å². The number of primary amides is 1. The Bertz CT molecular complexity index is 635. The van der Waals surface area contributed by atoms with Crippen LogP contribution in [-0.2, 0) is 11.2 Å². The Morgan fingerprint density at radius 3 is 2.81 bits per heavy atom. The molecule has 0 saturated carbocycles. The third-order valence-corrected chi connectivity index (χ3v) is 5.11. The first kappa shape index (κ1) is 14.2. The molecule has 2 atom stereocenters. The molecule has 1 aliphatic heterocycles. The summed E-state index contributed by atoms with van der Waals surface area (Å²) in [6.45, 7) is 2.90. The third-order valence-electron chi connectivity index (χ3n) is 4.13. The maximum Gasteiger partial charge on any atom is 0.222 e. The Labute approximate surface area is 128 Å². The van der Waals surface area contributed by atoms with Gasteiger partial charge in [0.15, 0.2) is 0 Å². The molecule has 4 nitrogen and oxygen atoms in total. The number of nitrogens with one attached hydrogen (secondary N) is 1. The topological polar surface area (TPSA) is 68.0 Å². The van der Waals surface area contributed by atoms with Gasteiger partial charge in [-0.3, -0.25) is 4.79 Å². The number of hydrogen-bond acceptors (Lipinski definition) is 4. The normalized spacial score (nSPS) is 21.6. The first-order valence-corrected chi connectivity index (χ1v) is 8.05. The number of rotatable bonds is 4. The van der Waals surface area contributed by atoms with Gasteiger partial charge >= 0.3 is 0 Å². The summed E-state index contributed by atoms with van der Waals surface area (Å²) in [5.74, 6) is -0.240. The molecule has 1 aromatic carbocycles. The first-order chi connectivity index (χ1) is 10.1. The van der Waals surface area contributed by atoms with Gasteiger partial charge in [-0.2, -0.15) is 0 Å². The molecule has 1 amide bonds. The molecule has 1 aliphatic rings. The van der Waals surface area contributed by atoms with Crippen molar-refractivity contribution in [2.45, 2.75) is 25.8 Å². The van der Waals surface area contributed by atoms with Crippen molar-refractivity contribution in [3.8, 4) is 10.4 Å². The summed E-state index contributed by atoms with van der Waals surface area (Å²) < 4.78 is 0. The van der Waals surface area contributed by atoms with Crippen molar-refractivity contribution in [2.24, 2.45) is 11.7 Å². The van der Waals surface area contributed by atoms with Gasteiger partial charge in [0.1, 0.15) is 0 Å². The molecule has 5 heteroatoms. The van der Waals surface area contributed by atoms with Crippen LogP contribution in [0.5, 0.6) is 0 Å². The predicted octanol–water partition coefficient (Wildman–Crippen LogP) is 2.12. The van der Waals surface area contributed by atoms with Crippen molar-refractivity contribution in [1.29, 1.82) is 0 Å². The van der Waals surface area contributed by atoms with Crippen LogP contribution in [0.2, 0.25) is 0 Å². The maximum atomic E-state index is 11.4. The molecule has 0 spiro atoms. The molecule has 0 radical (unpaired) electrons. The number of benzene rings is 1. The Hall–Kier alpha value is -1.72. The van der Waals surface area contributed by atoms with E-state index in [1.54, 1.807) is 11.3 Å². The molecule has 0 bridgehead atoms. The molecule has 21 heavy (non-hydrogen) atoms. The molecule has 2 unspecified atom stereocenters. The van der Waals surface area contributed by atoms with Crippen LogP contribution in [0.3, 0.4) is 0 Å². The van der Waals surface area contributed by atoms with Crippen molar-refractivity contribution in [1.82, 2.24) is 10.3 Å². The summed E-state index contributed by atoms with van der Waals surface area (Å²) >= 11 is 1.66. The minimum absolute atomic E-state index is 0.0478. The number of nitrogens with two attached hydrogens (primary N) is 1. The number of nitrogens with zero attached hydrogens (tertiary/aromatic N) is 1. The van der Waals surface area contributed by atoms with Crippen molar-refractivity contribution in [3.63, 3.8) is 0 Å². The van der Waals surface area contributed by atoms with Crippen molar-refractivity contribution < 1.29 is 4.79 Å². The highest BCUT2D eigenvalue weighted by molar-refractivity contribution is 7.13. The van der Waals surface area contributed by atoms with Gasteiger partial charge in [0.25, 0.3) is 0 Å². The Balaban J connectivity index is 1.73.